The van der Waals surface area contributed by atoms with Crippen LogP contribution in [0.2, 0.25) is 0 Å². The van der Waals surface area contributed by atoms with E-state index in [9.17, 15) is 13.6 Å². The van der Waals surface area contributed by atoms with Crippen LogP contribution in [0, 0.1) is 11.6 Å². The standard InChI is InChI=1S/C20H24F2N4O.HI/c1-2-23-20(26-14-16-4-3-5-18(22)12-16)25-11-10-24-19(27)13-15-6-8-17(21)9-7-15;/h3-9,12H,2,10-11,13-14H2,1H3,(H,24,27)(H2,23,25,26);1H. The van der Waals surface area contributed by atoms with Gasteiger partial charge in [0.2, 0.25) is 5.91 Å². The summed E-state index contributed by atoms with van der Waals surface area (Å²) in [6.45, 7) is 3.90. The summed E-state index contributed by atoms with van der Waals surface area (Å²) in [5, 5.41) is 9.01. The minimum atomic E-state index is -0.322. The van der Waals surface area contributed by atoms with E-state index in [2.05, 4.69) is 20.9 Å². The van der Waals surface area contributed by atoms with Gasteiger partial charge in [-0.1, -0.05) is 24.3 Å². The summed E-state index contributed by atoms with van der Waals surface area (Å²) in [5.74, 6) is -0.152. The highest BCUT2D eigenvalue weighted by Gasteiger charge is 2.04. The predicted octanol–water partition coefficient (Wildman–Crippen LogP) is 3.00. The van der Waals surface area contributed by atoms with Gasteiger partial charge in [-0.05, 0) is 42.3 Å². The highest BCUT2D eigenvalue weighted by molar-refractivity contribution is 14.0. The molecule has 28 heavy (non-hydrogen) atoms. The van der Waals surface area contributed by atoms with E-state index in [1.54, 1.807) is 18.2 Å². The summed E-state index contributed by atoms with van der Waals surface area (Å²) in [6.07, 6.45) is 0.202. The molecule has 1 amide bonds. The molecule has 2 rings (SSSR count). The highest BCUT2D eigenvalue weighted by atomic mass is 127. The Hall–Kier alpha value is -2.23. The maximum Gasteiger partial charge on any atom is 0.224 e. The molecule has 0 saturated carbocycles. The van der Waals surface area contributed by atoms with Crippen molar-refractivity contribution in [2.75, 3.05) is 19.6 Å². The average molecular weight is 502 g/mol. The number of carbonyl (C=O) groups is 1. The van der Waals surface area contributed by atoms with Gasteiger partial charge in [0.1, 0.15) is 11.6 Å². The number of carbonyl (C=O) groups excluding carboxylic acids is 1. The second-order valence-electron chi connectivity index (χ2n) is 5.91. The fraction of sp³-hybridized carbons (Fsp3) is 0.300. The monoisotopic (exact) mass is 502 g/mol. The SMILES string of the molecule is CCNC(=NCc1cccc(F)c1)NCCNC(=O)Cc1ccc(F)cc1.I. The lowest BCUT2D eigenvalue weighted by Gasteiger charge is -2.12. The number of benzene rings is 2. The van der Waals surface area contributed by atoms with Crippen molar-refractivity contribution in [3.05, 3.63) is 71.3 Å². The quantitative estimate of drug-likeness (QED) is 0.225. The molecule has 0 aliphatic carbocycles. The van der Waals surface area contributed by atoms with Gasteiger partial charge in [0.15, 0.2) is 5.96 Å². The van der Waals surface area contributed by atoms with E-state index >= 15 is 0 Å². The summed E-state index contributed by atoms with van der Waals surface area (Å²) in [5.41, 5.74) is 1.53. The van der Waals surface area contributed by atoms with Crippen molar-refractivity contribution >= 4 is 35.8 Å². The molecule has 0 bridgehead atoms. The van der Waals surface area contributed by atoms with Crippen molar-refractivity contribution in [1.82, 2.24) is 16.0 Å². The minimum absolute atomic E-state index is 0. The van der Waals surface area contributed by atoms with Crippen LogP contribution in [0.3, 0.4) is 0 Å². The summed E-state index contributed by atoms with van der Waals surface area (Å²) in [6, 6.07) is 12.2. The molecule has 0 radical (unpaired) electrons. The first-order valence-electron chi connectivity index (χ1n) is 8.84. The Kier molecular flexibility index (Phi) is 11.1. The van der Waals surface area contributed by atoms with Crippen molar-refractivity contribution in [3.8, 4) is 0 Å². The number of nitrogens with zero attached hydrogens (tertiary/aromatic N) is 1. The van der Waals surface area contributed by atoms with Crippen molar-refractivity contribution in [1.29, 1.82) is 0 Å². The fourth-order valence-corrected chi connectivity index (χ4v) is 2.38. The maximum absolute atomic E-state index is 13.2. The van der Waals surface area contributed by atoms with E-state index in [1.807, 2.05) is 13.0 Å². The topological polar surface area (TPSA) is 65.5 Å². The molecule has 2 aromatic carbocycles. The van der Waals surface area contributed by atoms with Gasteiger partial charge in [-0.25, -0.2) is 13.8 Å². The lowest BCUT2D eigenvalue weighted by molar-refractivity contribution is -0.120. The molecule has 3 N–H and O–H groups in total. The number of hydrogen-bond donors (Lipinski definition) is 3. The summed E-state index contributed by atoms with van der Waals surface area (Å²) >= 11 is 0. The third kappa shape index (κ3) is 9.12. The second kappa shape index (κ2) is 13.0. The molecule has 0 fully saturated rings. The first-order valence-corrected chi connectivity index (χ1v) is 8.84. The lowest BCUT2D eigenvalue weighted by atomic mass is 10.1. The fourth-order valence-electron chi connectivity index (χ4n) is 2.38. The molecule has 8 heteroatoms. The van der Waals surface area contributed by atoms with Crippen LogP contribution >= 0.6 is 24.0 Å². The van der Waals surface area contributed by atoms with Crippen molar-refractivity contribution in [2.45, 2.75) is 19.9 Å². The van der Waals surface area contributed by atoms with Crippen LogP contribution in [0.4, 0.5) is 8.78 Å². The van der Waals surface area contributed by atoms with Crippen LogP contribution < -0.4 is 16.0 Å². The molecule has 152 valence electrons. The van der Waals surface area contributed by atoms with Gasteiger partial charge in [-0.2, -0.15) is 0 Å². The molecule has 0 heterocycles. The number of aliphatic imine (C=N–C) groups is 1. The molecule has 0 unspecified atom stereocenters. The number of nitrogens with one attached hydrogen (secondary N) is 3. The third-order valence-corrected chi connectivity index (χ3v) is 3.67. The number of amides is 1. The van der Waals surface area contributed by atoms with Crippen LogP contribution in [0.5, 0.6) is 0 Å². The predicted molar refractivity (Wildman–Crippen MR) is 118 cm³/mol. The maximum atomic E-state index is 13.2. The van der Waals surface area contributed by atoms with E-state index in [1.165, 1.54) is 24.3 Å². The molecular weight excluding hydrogens is 477 g/mol. The van der Waals surface area contributed by atoms with Gasteiger partial charge in [0.05, 0.1) is 13.0 Å². The van der Waals surface area contributed by atoms with Gasteiger partial charge in [-0.3, -0.25) is 4.79 Å². The van der Waals surface area contributed by atoms with E-state index in [0.29, 0.717) is 32.1 Å². The van der Waals surface area contributed by atoms with E-state index < -0.39 is 0 Å². The van der Waals surface area contributed by atoms with E-state index in [-0.39, 0.29) is 47.9 Å². The average Bonchev–Trinajstić information content (AvgIpc) is 2.65. The molecule has 0 aliphatic heterocycles. The van der Waals surface area contributed by atoms with E-state index in [0.717, 1.165) is 11.1 Å². The molecular formula is C20H25F2IN4O. The molecule has 0 saturated heterocycles. The number of guanidine groups is 1. The summed E-state index contributed by atoms with van der Waals surface area (Å²) in [4.78, 5) is 16.3. The van der Waals surface area contributed by atoms with Gasteiger partial charge < -0.3 is 16.0 Å². The van der Waals surface area contributed by atoms with Gasteiger partial charge in [-0.15, -0.1) is 24.0 Å². The first-order chi connectivity index (χ1) is 13.1. The van der Waals surface area contributed by atoms with Crippen LogP contribution in [-0.4, -0.2) is 31.5 Å². The molecule has 0 aromatic heterocycles. The zero-order valence-corrected chi connectivity index (χ0v) is 18.0. The molecule has 2 aromatic rings. The van der Waals surface area contributed by atoms with Crippen LogP contribution in [0.15, 0.2) is 53.5 Å². The third-order valence-electron chi connectivity index (χ3n) is 3.67. The largest absolute Gasteiger partial charge is 0.357 e. The molecule has 0 aliphatic rings. The van der Waals surface area contributed by atoms with Crippen molar-refractivity contribution in [3.63, 3.8) is 0 Å². The Labute approximate surface area is 181 Å². The minimum Gasteiger partial charge on any atom is -0.357 e. The number of halogens is 3. The summed E-state index contributed by atoms with van der Waals surface area (Å²) < 4.78 is 26.1. The lowest BCUT2D eigenvalue weighted by Crippen LogP contribution is -2.41. The Balaban J connectivity index is 0.00000392. The first kappa shape index (κ1) is 23.8. The van der Waals surface area contributed by atoms with Crippen LogP contribution in [0.1, 0.15) is 18.1 Å². The van der Waals surface area contributed by atoms with Crippen LogP contribution in [0.25, 0.3) is 0 Å². The Morgan fingerprint density at radius 3 is 2.32 bits per heavy atom. The zero-order valence-electron chi connectivity index (χ0n) is 15.7. The van der Waals surface area contributed by atoms with Gasteiger partial charge >= 0.3 is 0 Å². The normalized spacial score (nSPS) is 10.8. The number of hydrogen-bond acceptors (Lipinski definition) is 2. The Bertz CT molecular complexity index is 769. The number of rotatable bonds is 8. The Morgan fingerprint density at radius 2 is 1.64 bits per heavy atom. The summed E-state index contributed by atoms with van der Waals surface area (Å²) in [7, 11) is 0. The second-order valence-corrected chi connectivity index (χ2v) is 5.91. The molecule has 5 nitrogen and oxygen atoms in total. The van der Waals surface area contributed by atoms with Gasteiger partial charge in [0, 0.05) is 19.6 Å². The highest BCUT2D eigenvalue weighted by Crippen LogP contribution is 2.05. The zero-order chi connectivity index (χ0) is 19.5. The van der Waals surface area contributed by atoms with E-state index in [4.69, 9.17) is 0 Å². The van der Waals surface area contributed by atoms with Crippen molar-refractivity contribution in [2.24, 2.45) is 4.99 Å². The Morgan fingerprint density at radius 1 is 0.929 bits per heavy atom. The van der Waals surface area contributed by atoms with Gasteiger partial charge in [0.25, 0.3) is 0 Å². The van der Waals surface area contributed by atoms with Crippen molar-refractivity contribution < 1.29 is 13.6 Å². The molecule has 0 atom stereocenters. The smallest absolute Gasteiger partial charge is 0.224 e. The molecule has 0 spiro atoms. The van der Waals surface area contributed by atoms with Crippen LogP contribution in [-0.2, 0) is 17.8 Å².